The number of carbonyl (C=O) groups is 1. The van der Waals surface area contributed by atoms with Crippen LogP contribution in [0, 0.1) is 0 Å². The number of methoxy groups -OCH3 is 1. The molecular formula is C10H12BNO4. The monoisotopic (exact) mass is 221 g/mol. The molecule has 6 heteroatoms. The van der Waals surface area contributed by atoms with E-state index in [0.717, 1.165) is 12.8 Å². The Kier molecular flexibility index (Phi) is 2.69. The third-order valence-corrected chi connectivity index (χ3v) is 2.90. The molecule has 1 aromatic rings. The summed E-state index contributed by atoms with van der Waals surface area (Å²) in [7, 11) is -0.177. The summed E-state index contributed by atoms with van der Waals surface area (Å²) in [6.45, 7) is 0. The van der Waals surface area contributed by atoms with Crippen LogP contribution in [0.1, 0.15) is 18.5 Å². The third kappa shape index (κ3) is 1.70. The zero-order valence-corrected chi connectivity index (χ0v) is 8.88. The Labute approximate surface area is 93.2 Å². The fourth-order valence-electron chi connectivity index (χ4n) is 1.73. The highest BCUT2D eigenvalue weighted by molar-refractivity contribution is 6.58. The van der Waals surface area contributed by atoms with E-state index >= 15 is 0 Å². The van der Waals surface area contributed by atoms with Crippen molar-refractivity contribution < 1.29 is 19.6 Å². The van der Waals surface area contributed by atoms with Crippen LogP contribution in [0.15, 0.2) is 18.3 Å². The predicted molar refractivity (Wildman–Crippen MR) is 57.0 cm³/mol. The van der Waals surface area contributed by atoms with Crippen LogP contribution in [0.25, 0.3) is 0 Å². The van der Waals surface area contributed by atoms with Gasteiger partial charge in [-0.15, -0.1) is 0 Å². The van der Waals surface area contributed by atoms with Crippen LogP contribution in [0.2, 0.25) is 0 Å². The average molecular weight is 221 g/mol. The van der Waals surface area contributed by atoms with Gasteiger partial charge in [0.2, 0.25) is 0 Å². The Bertz CT molecular complexity index is 400. The van der Waals surface area contributed by atoms with Crippen LogP contribution in [-0.2, 0) is 14.9 Å². The number of aromatic nitrogens is 1. The van der Waals surface area contributed by atoms with Crippen LogP contribution >= 0.6 is 0 Å². The molecule has 0 amide bonds. The Hall–Kier alpha value is -1.40. The Morgan fingerprint density at radius 1 is 1.50 bits per heavy atom. The van der Waals surface area contributed by atoms with Crippen molar-refractivity contribution in [3.05, 3.63) is 24.0 Å². The Morgan fingerprint density at radius 2 is 2.19 bits per heavy atom. The Balaban J connectivity index is 2.25. The lowest BCUT2D eigenvalue weighted by Gasteiger charge is -2.12. The van der Waals surface area contributed by atoms with Crippen LogP contribution in [0.3, 0.4) is 0 Å². The largest absolute Gasteiger partial charge is 0.490 e. The van der Waals surface area contributed by atoms with Crippen molar-refractivity contribution in [1.29, 1.82) is 0 Å². The van der Waals surface area contributed by atoms with Gasteiger partial charge < -0.3 is 14.8 Å². The van der Waals surface area contributed by atoms with Gasteiger partial charge in [0.25, 0.3) is 0 Å². The average Bonchev–Trinajstić information content (AvgIpc) is 3.09. The van der Waals surface area contributed by atoms with Gasteiger partial charge in [-0.1, -0.05) is 6.07 Å². The topological polar surface area (TPSA) is 79.7 Å². The van der Waals surface area contributed by atoms with Gasteiger partial charge in [-0.05, 0) is 18.9 Å². The zero-order valence-electron chi connectivity index (χ0n) is 8.88. The second kappa shape index (κ2) is 3.88. The molecule has 16 heavy (non-hydrogen) atoms. The summed E-state index contributed by atoms with van der Waals surface area (Å²) >= 11 is 0. The van der Waals surface area contributed by atoms with Crippen molar-refractivity contribution in [3.8, 4) is 0 Å². The zero-order chi connectivity index (χ0) is 11.8. The molecule has 1 saturated carbocycles. The number of hydrogen-bond donors (Lipinski definition) is 2. The highest BCUT2D eigenvalue weighted by atomic mass is 16.5. The van der Waals surface area contributed by atoms with E-state index in [0.29, 0.717) is 11.2 Å². The number of carbonyl (C=O) groups excluding carboxylic acids is 1. The normalized spacial score (nSPS) is 16.7. The minimum atomic E-state index is -1.53. The first-order valence-electron chi connectivity index (χ1n) is 5.01. The van der Waals surface area contributed by atoms with Gasteiger partial charge in [-0.2, -0.15) is 0 Å². The summed E-state index contributed by atoms with van der Waals surface area (Å²) in [5.74, 6) is -0.280. The summed E-state index contributed by atoms with van der Waals surface area (Å²) in [5.41, 5.74) is 0.335. The first kappa shape index (κ1) is 11.1. The van der Waals surface area contributed by atoms with Crippen LogP contribution in [0.4, 0.5) is 0 Å². The fourth-order valence-corrected chi connectivity index (χ4v) is 1.73. The van der Waals surface area contributed by atoms with Gasteiger partial charge in [-0.3, -0.25) is 9.78 Å². The molecule has 0 aliphatic heterocycles. The summed E-state index contributed by atoms with van der Waals surface area (Å²) in [5, 5.41) is 17.8. The molecule has 84 valence electrons. The van der Waals surface area contributed by atoms with Crippen molar-refractivity contribution >= 4 is 18.6 Å². The third-order valence-electron chi connectivity index (χ3n) is 2.90. The van der Waals surface area contributed by atoms with Crippen molar-refractivity contribution in [3.63, 3.8) is 0 Å². The van der Waals surface area contributed by atoms with E-state index in [9.17, 15) is 4.79 Å². The van der Waals surface area contributed by atoms with Crippen molar-refractivity contribution in [2.24, 2.45) is 0 Å². The Morgan fingerprint density at radius 3 is 2.56 bits per heavy atom. The van der Waals surface area contributed by atoms with Crippen molar-refractivity contribution in [2.45, 2.75) is 18.3 Å². The molecule has 5 nitrogen and oxygen atoms in total. The van der Waals surface area contributed by atoms with Crippen molar-refractivity contribution in [2.75, 3.05) is 7.11 Å². The van der Waals surface area contributed by atoms with E-state index in [4.69, 9.17) is 14.8 Å². The smallest absolute Gasteiger partial charge is 0.468 e. The van der Waals surface area contributed by atoms with Crippen LogP contribution < -0.4 is 5.46 Å². The van der Waals surface area contributed by atoms with Crippen LogP contribution in [0.5, 0.6) is 0 Å². The lowest BCUT2D eigenvalue weighted by atomic mass is 9.81. The summed E-state index contributed by atoms with van der Waals surface area (Å²) in [6.07, 6.45) is 2.82. The summed E-state index contributed by atoms with van der Waals surface area (Å²) < 4.78 is 4.73. The van der Waals surface area contributed by atoms with Gasteiger partial charge in [0.15, 0.2) is 0 Å². The van der Waals surface area contributed by atoms with E-state index in [1.807, 2.05) is 0 Å². The summed E-state index contributed by atoms with van der Waals surface area (Å²) in [6, 6.07) is 3.19. The van der Waals surface area contributed by atoms with Gasteiger partial charge in [0.1, 0.15) is 5.41 Å². The molecule has 1 aliphatic rings. The number of rotatable bonds is 3. The molecular weight excluding hydrogens is 209 g/mol. The molecule has 2 N–H and O–H groups in total. The minimum Gasteiger partial charge on any atom is -0.468 e. The molecule has 1 aromatic heterocycles. The van der Waals surface area contributed by atoms with Crippen molar-refractivity contribution in [1.82, 2.24) is 4.98 Å². The molecule has 0 radical (unpaired) electrons. The number of hydrogen-bond acceptors (Lipinski definition) is 5. The maximum absolute atomic E-state index is 11.6. The first-order chi connectivity index (χ1) is 7.60. The van der Waals surface area contributed by atoms with Gasteiger partial charge in [0, 0.05) is 11.7 Å². The van der Waals surface area contributed by atoms with E-state index in [-0.39, 0.29) is 5.97 Å². The van der Waals surface area contributed by atoms with E-state index < -0.39 is 12.5 Å². The molecule has 0 bridgehead atoms. The molecule has 0 atom stereocenters. The lowest BCUT2D eigenvalue weighted by molar-refractivity contribution is -0.143. The SMILES string of the molecule is COC(=O)C1(c2ccc(B(O)O)cn2)CC1. The predicted octanol–water partition coefficient (Wildman–Crippen LogP) is -1.03. The molecule has 0 saturated heterocycles. The van der Waals surface area contributed by atoms with E-state index in [2.05, 4.69) is 4.98 Å². The molecule has 0 spiro atoms. The highest BCUT2D eigenvalue weighted by Crippen LogP contribution is 2.48. The highest BCUT2D eigenvalue weighted by Gasteiger charge is 2.53. The van der Waals surface area contributed by atoms with Gasteiger partial charge in [-0.25, -0.2) is 0 Å². The maximum Gasteiger partial charge on any atom is 0.490 e. The molecule has 1 aliphatic carbocycles. The number of ether oxygens (including phenoxy) is 1. The van der Waals surface area contributed by atoms with Gasteiger partial charge in [0.05, 0.1) is 12.8 Å². The molecule has 1 heterocycles. The quantitative estimate of drug-likeness (QED) is 0.503. The number of pyridine rings is 1. The maximum atomic E-state index is 11.6. The molecule has 1 fully saturated rings. The van der Waals surface area contributed by atoms with Gasteiger partial charge >= 0.3 is 13.1 Å². The van der Waals surface area contributed by atoms with E-state index in [1.54, 1.807) is 12.1 Å². The second-order valence-corrected chi connectivity index (χ2v) is 3.92. The molecule has 0 unspecified atom stereocenters. The molecule has 2 rings (SSSR count). The van der Waals surface area contributed by atoms with E-state index in [1.165, 1.54) is 13.3 Å². The number of esters is 1. The standard InChI is InChI=1S/C10H12BNO4/c1-16-9(13)10(4-5-10)8-3-2-7(6-12-8)11(14)15/h2-3,6,14-15H,4-5H2,1H3. The number of nitrogens with zero attached hydrogens (tertiary/aromatic N) is 1. The second-order valence-electron chi connectivity index (χ2n) is 3.92. The fraction of sp³-hybridized carbons (Fsp3) is 0.400. The summed E-state index contributed by atoms with van der Waals surface area (Å²) in [4.78, 5) is 15.6. The first-order valence-corrected chi connectivity index (χ1v) is 5.01. The van der Waals surface area contributed by atoms with Crippen LogP contribution in [-0.4, -0.2) is 35.2 Å². The lowest BCUT2D eigenvalue weighted by Crippen LogP contribution is -2.31. The minimum absolute atomic E-state index is 0.280. The molecule has 0 aromatic carbocycles.